The fraction of sp³-hybridized carbons (Fsp3) is 0.692. The summed E-state index contributed by atoms with van der Waals surface area (Å²) in [5, 5.41) is 40.2. The van der Waals surface area contributed by atoms with Crippen LogP contribution in [0.3, 0.4) is 0 Å². The van der Waals surface area contributed by atoms with Crippen molar-refractivity contribution in [3.05, 3.63) is 12.2 Å². The Bertz CT molecular complexity index is 441. The summed E-state index contributed by atoms with van der Waals surface area (Å²) in [7, 11) is 0. The standard InChI is InChI=1S/C13H21NO9/c1-6(2)11(18)21-3-4-22-13(20)14-8-10(17)9(16)7(5-15)23-12(8)19/h7-10,12,15-17,19H,1,3-5H2,2H3,(H,14,20)/t7-,8-,9-,10-,12+/m1/s1. The third-order valence-corrected chi connectivity index (χ3v) is 3.08. The van der Waals surface area contributed by atoms with Gasteiger partial charge in [-0.2, -0.15) is 0 Å². The van der Waals surface area contributed by atoms with E-state index in [9.17, 15) is 24.9 Å². The van der Waals surface area contributed by atoms with E-state index in [2.05, 4.69) is 11.9 Å². The van der Waals surface area contributed by atoms with Gasteiger partial charge in [0.25, 0.3) is 0 Å². The van der Waals surface area contributed by atoms with E-state index in [0.717, 1.165) is 0 Å². The van der Waals surface area contributed by atoms with Crippen molar-refractivity contribution in [3.8, 4) is 0 Å². The monoisotopic (exact) mass is 335 g/mol. The molecule has 1 aliphatic rings. The Morgan fingerprint density at radius 2 is 1.78 bits per heavy atom. The van der Waals surface area contributed by atoms with Crippen LogP contribution in [-0.2, 0) is 19.0 Å². The first-order valence-electron chi connectivity index (χ1n) is 6.84. The summed E-state index contributed by atoms with van der Waals surface area (Å²) >= 11 is 0. The minimum atomic E-state index is -1.64. The Labute approximate surface area is 132 Å². The predicted octanol–water partition coefficient (Wildman–Crippen LogP) is -2.37. The molecule has 0 aromatic rings. The number of esters is 1. The van der Waals surface area contributed by atoms with Gasteiger partial charge in [-0.05, 0) is 6.92 Å². The summed E-state index contributed by atoms with van der Waals surface area (Å²) in [4.78, 5) is 22.6. The van der Waals surface area contributed by atoms with Crippen LogP contribution in [-0.4, -0.2) is 83.0 Å². The number of hydrogen-bond acceptors (Lipinski definition) is 9. The van der Waals surface area contributed by atoms with Gasteiger partial charge in [0.1, 0.15) is 37.6 Å². The van der Waals surface area contributed by atoms with Gasteiger partial charge in [-0.25, -0.2) is 9.59 Å². The first kappa shape index (κ1) is 19.3. The largest absolute Gasteiger partial charge is 0.459 e. The van der Waals surface area contributed by atoms with Crippen LogP contribution in [0.2, 0.25) is 0 Å². The molecule has 0 aliphatic carbocycles. The quantitative estimate of drug-likeness (QED) is 0.203. The fourth-order valence-corrected chi connectivity index (χ4v) is 1.82. The molecule has 23 heavy (non-hydrogen) atoms. The smallest absolute Gasteiger partial charge is 0.407 e. The number of carbonyl (C=O) groups is 2. The Morgan fingerprint density at radius 3 is 2.35 bits per heavy atom. The predicted molar refractivity (Wildman–Crippen MR) is 74.0 cm³/mol. The van der Waals surface area contributed by atoms with Crippen molar-refractivity contribution >= 4 is 12.1 Å². The molecule has 1 aliphatic heterocycles. The molecular weight excluding hydrogens is 314 g/mol. The molecule has 5 N–H and O–H groups in total. The maximum absolute atomic E-state index is 11.5. The summed E-state index contributed by atoms with van der Waals surface area (Å²) < 4.78 is 14.3. The number of aliphatic hydroxyl groups excluding tert-OH is 4. The minimum absolute atomic E-state index is 0.194. The molecule has 5 atom stereocenters. The van der Waals surface area contributed by atoms with Crippen LogP contribution in [0.4, 0.5) is 4.79 Å². The average molecular weight is 335 g/mol. The molecule has 0 radical (unpaired) electrons. The Morgan fingerprint density at radius 1 is 1.17 bits per heavy atom. The van der Waals surface area contributed by atoms with E-state index in [1.807, 2.05) is 0 Å². The normalized spacial score (nSPS) is 30.4. The molecule has 10 heteroatoms. The molecule has 1 fully saturated rings. The summed E-state index contributed by atoms with van der Waals surface area (Å²) in [6.07, 6.45) is -6.89. The van der Waals surface area contributed by atoms with E-state index < -0.39 is 49.3 Å². The van der Waals surface area contributed by atoms with E-state index in [0.29, 0.717) is 0 Å². The van der Waals surface area contributed by atoms with Gasteiger partial charge in [-0.3, -0.25) is 0 Å². The van der Waals surface area contributed by atoms with Crippen LogP contribution in [0.25, 0.3) is 0 Å². The third-order valence-electron chi connectivity index (χ3n) is 3.08. The number of aliphatic hydroxyl groups is 4. The van der Waals surface area contributed by atoms with E-state index >= 15 is 0 Å². The molecule has 1 heterocycles. The number of nitrogens with one attached hydrogen (secondary N) is 1. The molecule has 0 unspecified atom stereocenters. The number of amides is 1. The molecular formula is C13H21NO9. The lowest BCUT2D eigenvalue weighted by molar-refractivity contribution is -0.253. The maximum Gasteiger partial charge on any atom is 0.407 e. The van der Waals surface area contributed by atoms with E-state index in [1.165, 1.54) is 6.92 Å². The molecule has 0 saturated carbocycles. The first-order chi connectivity index (χ1) is 10.8. The van der Waals surface area contributed by atoms with Crippen LogP contribution in [0.5, 0.6) is 0 Å². The molecule has 1 amide bonds. The van der Waals surface area contributed by atoms with Crippen LogP contribution < -0.4 is 5.32 Å². The Hall–Kier alpha value is -1.72. The number of ether oxygens (including phenoxy) is 3. The van der Waals surface area contributed by atoms with Gasteiger partial charge in [0.2, 0.25) is 0 Å². The van der Waals surface area contributed by atoms with Crippen LogP contribution in [0.15, 0.2) is 12.2 Å². The number of alkyl carbamates (subject to hydrolysis) is 1. The second-order valence-corrected chi connectivity index (χ2v) is 4.95. The van der Waals surface area contributed by atoms with Gasteiger partial charge in [-0.1, -0.05) is 6.58 Å². The lowest BCUT2D eigenvalue weighted by atomic mass is 9.97. The van der Waals surface area contributed by atoms with Crippen molar-refractivity contribution in [1.82, 2.24) is 5.32 Å². The molecule has 0 aromatic carbocycles. The lowest BCUT2D eigenvalue weighted by Gasteiger charge is -2.39. The van der Waals surface area contributed by atoms with Crippen molar-refractivity contribution in [1.29, 1.82) is 0 Å². The highest BCUT2D eigenvalue weighted by atomic mass is 16.6. The highest BCUT2D eigenvalue weighted by molar-refractivity contribution is 5.86. The Kier molecular flexibility index (Phi) is 7.39. The van der Waals surface area contributed by atoms with Gasteiger partial charge in [0.15, 0.2) is 6.29 Å². The number of carbonyl (C=O) groups excluding carboxylic acids is 2. The molecule has 10 nitrogen and oxygen atoms in total. The van der Waals surface area contributed by atoms with Crippen molar-refractivity contribution < 1.29 is 44.2 Å². The van der Waals surface area contributed by atoms with E-state index in [4.69, 9.17) is 19.3 Å². The van der Waals surface area contributed by atoms with Gasteiger partial charge in [0, 0.05) is 5.57 Å². The van der Waals surface area contributed by atoms with Crippen molar-refractivity contribution in [2.24, 2.45) is 0 Å². The maximum atomic E-state index is 11.5. The van der Waals surface area contributed by atoms with Gasteiger partial charge < -0.3 is 40.0 Å². The zero-order chi connectivity index (χ0) is 17.6. The topological polar surface area (TPSA) is 155 Å². The minimum Gasteiger partial charge on any atom is -0.459 e. The summed E-state index contributed by atoms with van der Waals surface area (Å²) in [5.74, 6) is -0.626. The van der Waals surface area contributed by atoms with E-state index in [1.54, 1.807) is 0 Å². The highest BCUT2D eigenvalue weighted by Crippen LogP contribution is 2.19. The van der Waals surface area contributed by atoms with Crippen molar-refractivity contribution in [2.75, 3.05) is 19.8 Å². The van der Waals surface area contributed by atoms with Crippen molar-refractivity contribution in [3.63, 3.8) is 0 Å². The summed E-state index contributed by atoms with van der Waals surface area (Å²) in [5.41, 5.74) is 0.201. The zero-order valence-electron chi connectivity index (χ0n) is 12.5. The Balaban J connectivity index is 2.38. The molecule has 0 bridgehead atoms. The van der Waals surface area contributed by atoms with Crippen LogP contribution in [0.1, 0.15) is 6.92 Å². The second kappa shape index (κ2) is 8.79. The molecule has 1 rings (SSSR count). The van der Waals surface area contributed by atoms with Gasteiger partial charge in [0.05, 0.1) is 6.61 Å². The summed E-state index contributed by atoms with van der Waals surface area (Å²) in [6.45, 7) is 3.78. The SMILES string of the molecule is C=C(C)C(=O)OCCOC(=O)N[C@@H]1[C@@H](O)[C@H](O)[C@@H](CO)O[C@@H]1O. The third kappa shape index (κ3) is 5.44. The first-order valence-corrected chi connectivity index (χ1v) is 6.84. The van der Waals surface area contributed by atoms with Gasteiger partial charge in [-0.15, -0.1) is 0 Å². The fourth-order valence-electron chi connectivity index (χ4n) is 1.82. The van der Waals surface area contributed by atoms with Crippen LogP contribution >= 0.6 is 0 Å². The highest BCUT2D eigenvalue weighted by Gasteiger charge is 2.44. The van der Waals surface area contributed by atoms with Crippen molar-refractivity contribution in [2.45, 2.75) is 37.6 Å². The number of hydrogen-bond donors (Lipinski definition) is 5. The van der Waals surface area contributed by atoms with Crippen LogP contribution in [0, 0.1) is 0 Å². The second-order valence-electron chi connectivity index (χ2n) is 4.95. The molecule has 1 saturated heterocycles. The summed E-state index contributed by atoms with van der Waals surface area (Å²) in [6, 6.07) is -1.35. The molecule has 0 spiro atoms. The van der Waals surface area contributed by atoms with E-state index in [-0.39, 0.29) is 18.8 Å². The molecule has 132 valence electrons. The molecule has 0 aromatic heterocycles. The lowest BCUT2D eigenvalue weighted by Crippen LogP contribution is -2.64. The number of rotatable bonds is 6. The van der Waals surface area contributed by atoms with Gasteiger partial charge >= 0.3 is 12.1 Å². The average Bonchev–Trinajstić information content (AvgIpc) is 2.51. The zero-order valence-corrected chi connectivity index (χ0v) is 12.5.